The third kappa shape index (κ3) is 2.93. The molecule has 0 unspecified atom stereocenters. The van der Waals surface area contributed by atoms with Crippen LogP contribution in [0, 0.1) is 9.39 Å². The lowest BCUT2D eigenvalue weighted by Gasteiger charge is -2.04. The zero-order chi connectivity index (χ0) is 12.4. The van der Waals surface area contributed by atoms with E-state index in [0.29, 0.717) is 14.7 Å². The van der Waals surface area contributed by atoms with Crippen molar-refractivity contribution >= 4 is 44.3 Å². The molecule has 0 N–H and O–H groups in total. The molecule has 0 aliphatic carbocycles. The van der Waals surface area contributed by atoms with Crippen molar-refractivity contribution in [3.63, 3.8) is 0 Å². The minimum atomic E-state index is -0.332. The summed E-state index contributed by atoms with van der Waals surface area (Å²) in [5, 5.41) is 0. The minimum absolute atomic E-state index is 0.0955. The van der Waals surface area contributed by atoms with E-state index in [1.807, 2.05) is 34.7 Å². The molecule has 1 nitrogen and oxygen atoms in total. The molecule has 0 saturated carbocycles. The molecule has 0 spiro atoms. The average Bonchev–Trinajstić information content (AvgIpc) is 2.29. The van der Waals surface area contributed by atoms with Crippen LogP contribution in [0.2, 0.25) is 0 Å². The molecule has 2 aromatic carbocycles. The molecule has 0 radical (unpaired) electrons. The summed E-state index contributed by atoms with van der Waals surface area (Å²) in [5.41, 5.74) is 1.12. The van der Waals surface area contributed by atoms with Gasteiger partial charge < -0.3 is 0 Å². The number of halogens is 3. The Hall–Kier alpha value is -0.750. The van der Waals surface area contributed by atoms with E-state index in [4.69, 9.17) is 0 Å². The third-order valence-corrected chi connectivity index (χ3v) is 3.70. The Labute approximate surface area is 120 Å². The number of ketones is 1. The molecule has 0 fully saturated rings. The maximum Gasteiger partial charge on any atom is 0.194 e. The molecule has 2 rings (SSSR count). The number of rotatable bonds is 2. The summed E-state index contributed by atoms with van der Waals surface area (Å²) in [6, 6.07) is 11.3. The van der Waals surface area contributed by atoms with Crippen LogP contribution in [-0.4, -0.2) is 5.78 Å². The highest BCUT2D eigenvalue weighted by molar-refractivity contribution is 14.1. The van der Waals surface area contributed by atoms with Gasteiger partial charge in [0.2, 0.25) is 0 Å². The second-order valence-electron chi connectivity index (χ2n) is 3.46. The van der Waals surface area contributed by atoms with Gasteiger partial charge in [-0.05, 0) is 65.1 Å². The molecule has 0 bridgehead atoms. The SMILES string of the molecule is O=C(c1ccc(Br)cc1)c1ccc(F)cc1I. The van der Waals surface area contributed by atoms with Gasteiger partial charge in [0.1, 0.15) is 5.82 Å². The van der Waals surface area contributed by atoms with Gasteiger partial charge in [-0.25, -0.2) is 4.39 Å². The molecule has 86 valence electrons. The Morgan fingerprint density at radius 1 is 1.12 bits per heavy atom. The monoisotopic (exact) mass is 404 g/mol. The zero-order valence-electron chi connectivity index (χ0n) is 8.58. The van der Waals surface area contributed by atoms with Crippen LogP contribution in [-0.2, 0) is 0 Å². The number of carbonyl (C=O) groups excluding carboxylic acids is 1. The van der Waals surface area contributed by atoms with E-state index in [9.17, 15) is 9.18 Å². The van der Waals surface area contributed by atoms with Gasteiger partial charge in [0.05, 0.1) is 0 Å². The van der Waals surface area contributed by atoms with Gasteiger partial charge in [0.15, 0.2) is 5.78 Å². The van der Waals surface area contributed by atoms with Crippen molar-refractivity contribution in [2.75, 3.05) is 0 Å². The number of carbonyl (C=O) groups is 1. The predicted molar refractivity (Wildman–Crippen MR) is 76.7 cm³/mol. The standard InChI is InChI=1S/C13H7BrFIO/c14-9-3-1-8(2-4-9)13(17)11-6-5-10(15)7-12(11)16/h1-7H. The van der Waals surface area contributed by atoms with E-state index < -0.39 is 0 Å². The molecular formula is C13H7BrFIO. The van der Waals surface area contributed by atoms with E-state index in [1.165, 1.54) is 18.2 Å². The first kappa shape index (κ1) is 12.7. The average molecular weight is 405 g/mol. The van der Waals surface area contributed by atoms with Crippen LogP contribution in [0.25, 0.3) is 0 Å². The number of hydrogen-bond acceptors (Lipinski definition) is 1. The summed E-state index contributed by atoms with van der Waals surface area (Å²) >= 11 is 5.28. The van der Waals surface area contributed by atoms with E-state index in [-0.39, 0.29) is 11.6 Å². The van der Waals surface area contributed by atoms with E-state index in [0.717, 1.165) is 4.47 Å². The predicted octanol–water partition coefficient (Wildman–Crippen LogP) is 4.42. The summed E-state index contributed by atoms with van der Waals surface area (Å²) in [5.74, 6) is -0.427. The molecule has 0 heterocycles. The van der Waals surface area contributed by atoms with E-state index in [1.54, 1.807) is 12.1 Å². The smallest absolute Gasteiger partial charge is 0.194 e. The third-order valence-electron chi connectivity index (χ3n) is 2.28. The van der Waals surface area contributed by atoms with Crippen molar-refractivity contribution in [3.8, 4) is 0 Å². The maximum absolute atomic E-state index is 12.9. The highest BCUT2D eigenvalue weighted by Crippen LogP contribution is 2.19. The molecule has 2 aromatic rings. The fourth-order valence-corrected chi connectivity index (χ4v) is 2.42. The summed E-state index contributed by atoms with van der Waals surface area (Å²) in [6.45, 7) is 0. The summed E-state index contributed by atoms with van der Waals surface area (Å²) in [7, 11) is 0. The number of hydrogen-bond donors (Lipinski definition) is 0. The fraction of sp³-hybridized carbons (Fsp3) is 0. The molecule has 17 heavy (non-hydrogen) atoms. The Morgan fingerprint density at radius 3 is 2.35 bits per heavy atom. The molecule has 4 heteroatoms. The van der Waals surface area contributed by atoms with E-state index >= 15 is 0 Å². The first-order valence-electron chi connectivity index (χ1n) is 4.83. The second kappa shape index (κ2) is 5.27. The Morgan fingerprint density at radius 2 is 1.76 bits per heavy atom. The van der Waals surface area contributed by atoms with Crippen molar-refractivity contribution in [1.29, 1.82) is 0 Å². The lowest BCUT2D eigenvalue weighted by molar-refractivity contribution is 0.103. The van der Waals surface area contributed by atoms with E-state index in [2.05, 4.69) is 15.9 Å². The van der Waals surface area contributed by atoms with Crippen LogP contribution >= 0.6 is 38.5 Å². The van der Waals surface area contributed by atoms with Gasteiger partial charge in [0, 0.05) is 19.2 Å². The Balaban J connectivity index is 2.40. The van der Waals surface area contributed by atoms with Gasteiger partial charge in [-0.3, -0.25) is 4.79 Å². The van der Waals surface area contributed by atoms with Crippen molar-refractivity contribution in [3.05, 3.63) is 67.5 Å². The maximum atomic E-state index is 12.9. The normalized spacial score (nSPS) is 10.3. The van der Waals surface area contributed by atoms with Crippen LogP contribution < -0.4 is 0 Å². The van der Waals surface area contributed by atoms with Crippen molar-refractivity contribution in [2.24, 2.45) is 0 Å². The van der Waals surface area contributed by atoms with Gasteiger partial charge in [-0.1, -0.05) is 15.9 Å². The van der Waals surface area contributed by atoms with Crippen molar-refractivity contribution < 1.29 is 9.18 Å². The first-order chi connectivity index (χ1) is 8.08. The fourth-order valence-electron chi connectivity index (χ4n) is 1.43. The topological polar surface area (TPSA) is 17.1 Å². The van der Waals surface area contributed by atoms with Crippen LogP contribution in [0.4, 0.5) is 4.39 Å². The summed E-state index contributed by atoms with van der Waals surface area (Å²) < 4.78 is 14.5. The van der Waals surface area contributed by atoms with Gasteiger partial charge in [-0.15, -0.1) is 0 Å². The van der Waals surface area contributed by atoms with Gasteiger partial charge in [0.25, 0.3) is 0 Å². The highest BCUT2D eigenvalue weighted by Gasteiger charge is 2.12. The zero-order valence-corrected chi connectivity index (χ0v) is 12.3. The van der Waals surface area contributed by atoms with Crippen LogP contribution in [0.3, 0.4) is 0 Å². The number of benzene rings is 2. The summed E-state index contributed by atoms with van der Waals surface area (Å²) in [6.07, 6.45) is 0. The van der Waals surface area contributed by atoms with Gasteiger partial charge in [-0.2, -0.15) is 0 Å². The summed E-state index contributed by atoms with van der Waals surface area (Å²) in [4.78, 5) is 12.1. The lowest BCUT2D eigenvalue weighted by atomic mass is 10.0. The molecule has 0 amide bonds. The quantitative estimate of drug-likeness (QED) is 0.534. The minimum Gasteiger partial charge on any atom is -0.289 e. The molecule has 0 aliphatic heterocycles. The van der Waals surface area contributed by atoms with Crippen LogP contribution in [0.5, 0.6) is 0 Å². The molecule has 0 aromatic heterocycles. The lowest BCUT2D eigenvalue weighted by Crippen LogP contribution is -2.03. The molecular weight excluding hydrogens is 398 g/mol. The molecule has 0 aliphatic rings. The Bertz CT molecular complexity index is 566. The first-order valence-corrected chi connectivity index (χ1v) is 6.70. The second-order valence-corrected chi connectivity index (χ2v) is 5.54. The van der Waals surface area contributed by atoms with Crippen molar-refractivity contribution in [2.45, 2.75) is 0 Å². The van der Waals surface area contributed by atoms with Crippen LogP contribution in [0.1, 0.15) is 15.9 Å². The van der Waals surface area contributed by atoms with Gasteiger partial charge >= 0.3 is 0 Å². The molecule has 0 atom stereocenters. The van der Waals surface area contributed by atoms with Crippen LogP contribution in [0.15, 0.2) is 46.9 Å². The van der Waals surface area contributed by atoms with Crippen molar-refractivity contribution in [1.82, 2.24) is 0 Å². The molecule has 0 saturated heterocycles. The Kier molecular flexibility index (Phi) is 3.93. The highest BCUT2D eigenvalue weighted by atomic mass is 127. The largest absolute Gasteiger partial charge is 0.289 e.